The van der Waals surface area contributed by atoms with Crippen LogP contribution in [-0.4, -0.2) is 33.2 Å². The molecule has 5 nitrogen and oxygen atoms in total. The predicted octanol–water partition coefficient (Wildman–Crippen LogP) is 1.92. The summed E-state index contributed by atoms with van der Waals surface area (Å²) in [5.41, 5.74) is 1.53. The van der Waals surface area contributed by atoms with Crippen molar-refractivity contribution in [3.05, 3.63) is 29.8 Å². The number of carbonyl (C=O) groups excluding carboxylic acids is 1. The molecule has 1 rings (SSSR count). The summed E-state index contributed by atoms with van der Waals surface area (Å²) >= 11 is 0. The molecule has 0 fully saturated rings. The van der Waals surface area contributed by atoms with E-state index in [1.165, 1.54) is 0 Å². The fourth-order valence-corrected chi connectivity index (χ4v) is 2.56. The Labute approximate surface area is 127 Å². The number of nitrogens with zero attached hydrogens (tertiary/aromatic N) is 1. The van der Waals surface area contributed by atoms with E-state index in [9.17, 15) is 13.2 Å². The van der Waals surface area contributed by atoms with Crippen molar-refractivity contribution in [3.63, 3.8) is 0 Å². The van der Waals surface area contributed by atoms with E-state index in [-0.39, 0.29) is 18.5 Å². The smallest absolute Gasteiger partial charge is 0.240 e. The molecule has 21 heavy (non-hydrogen) atoms. The van der Waals surface area contributed by atoms with Crippen LogP contribution in [0.3, 0.4) is 0 Å². The Morgan fingerprint density at radius 2 is 1.71 bits per heavy atom. The van der Waals surface area contributed by atoms with Gasteiger partial charge in [0.2, 0.25) is 15.9 Å². The Morgan fingerprint density at radius 3 is 2.14 bits per heavy atom. The number of rotatable bonds is 6. The first kappa shape index (κ1) is 17.5. The first-order chi connectivity index (χ1) is 9.61. The zero-order valence-corrected chi connectivity index (χ0v) is 14.1. The molecule has 0 bridgehead atoms. The lowest BCUT2D eigenvalue weighted by Crippen LogP contribution is -2.44. The maximum Gasteiger partial charge on any atom is 0.240 e. The van der Waals surface area contributed by atoms with Gasteiger partial charge >= 0.3 is 0 Å². The average Bonchev–Trinajstić information content (AvgIpc) is 2.35. The summed E-state index contributed by atoms with van der Waals surface area (Å²) in [5, 5.41) is 2.82. The zero-order chi connectivity index (χ0) is 16.2. The molecular weight excluding hydrogens is 288 g/mol. The monoisotopic (exact) mass is 312 g/mol. The molecule has 1 unspecified atom stereocenters. The fraction of sp³-hybridized carbons (Fsp3) is 0.533. The van der Waals surface area contributed by atoms with Gasteiger partial charge in [0.1, 0.15) is 6.54 Å². The number of carbonyl (C=O) groups is 1. The van der Waals surface area contributed by atoms with Gasteiger partial charge in [-0.3, -0.25) is 9.10 Å². The highest BCUT2D eigenvalue weighted by molar-refractivity contribution is 7.92. The van der Waals surface area contributed by atoms with Gasteiger partial charge in [-0.15, -0.1) is 0 Å². The predicted molar refractivity (Wildman–Crippen MR) is 85.8 cm³/mol. The van der Waals surface area contributed by atoms with Crippen molar-refractivity contribution in [2.75, 3.05) is 17.1 Å². The summed E-state index contributed by atoms with van der Waals surface area (Å²) in [6.07, 6.45) is 1.10. The van der Waals surface area contributed by atoms with E-state index in [0.29, 0.717) is 11.6 Å². The SMILES string of the molecule is Cc1ccc(N(CC(=O)NC(C)C(C)C)S(C)(=O)=O)cc1. The highest BCUT2D eigenvalue weighted by atomic mass is 32.2. The maximum atomic E-state index is 12.0. The third kappa shape index (κ3) is 5.38. The van der Waals surface area contributed by atoms with Crippen LogP contribution in [0.2, 0.25) is 0 Å². The number of hydrogen-bond acceptors (Lipinski definition) is 3. The van der Waals surface area contributed by atoms with Crippen molar-refractivity contribution in [3.8, 4) is 0 Å². The van der Waals surface area contributed by atoms with Gasteiger partial charge in [0.15, 0.2) is 0 Å². The Bertz CT molecular complexity index is 579. The molecule has 0 radical (unpaired) electrons. The van der Waals surface area contributed by atoms with Gasteiger partial charge in [0, 0.05) is 6.04 Å². The quantitative estimate of drug-likeness (QED) is 0.872. The molecule has 118 valence electrons. The summed E-state index contributed by atoms with van der Waals surface area (Å²) < 4.78 is 25.0. The number of sulfonamides is 1. The largest absolute Gasteiger partial charge is 0.352 e. The molecule has 0 aliphatic rings. The van der Waals surface area contributed by atoms with E-state index < -0.39 is 10.0 Å². The van der Waals surface area contributed by atoms with E-state index >= 15 is 0 Å². The molecule has 0 aliphatic carbocycles. The molecule has 0 heterocycles. The lowest BCUT2D eigenvalue weighted by molar-refractivity contribution is -0.120. The minimum atomic E-state index is -3.51. The van der Waals surface area contributed by atoms with Crippen molar-refractivity contribution < 1.29 is 13.2 Å². The number of anilines is 1. The molecule has 1 atom stereocenters. The number of amides is 1. The second kappa shape index (κ2) is 6.93. The van der Waals surface area contributed by atoms with Gasteiger partial charge in [0.05, 0.1) is 11.9 Å². The molecule has 0 aromatic heterocycles. The summed E-state index contributed by atoms with van der Waals surface area (Å²) in [6, 6.07) is 7.05. The second-order valence-electron chi connectivity index (χ2n) is 5.71. The minimum absolute atomic E-state index is 0.00284. The van der Waals surface area contributed by atoms with Crippen LogP contribution in [0.1, 0.15) is 26.3 Å². The highest BCUT2D eigenvalue weighted by Crippen LogP contribution is 2.17. The third-order valence-corrected chi connectivity index (χ3v) is 4.54. The Kier molecular flexibility index (Phi) is 5.78. The van der Waals surface area contributed by atoms with E-state index in [1.54, 1.807) is 12.1 Å². The number of hydrogen-bond donors (Lipinski definition) is 1. The number of aryl methyl sites for hydroxylation is 1. The number of benzene rings is 1. The minimum Gasteiger partial charge on any atom is -0.352 e. The maximum absolute atomic E-state index is 12.0. The standard InChI is InChI=1S/C15H24N2O3S/c1-11(2)13(4)16-15(18)10-17(21(5,19)20)14-8-6-12(3)7-9-14/h6-9,11,13H,10H2,1-5H3,(H,16,18). The first-order valence-electron chi connectivity index (χ1n) is 6.95. The van der Waals surface area contributed by atoms with Crippen molar-refractivity contribution in [1.29, 1.82) is 0 Å². The molecule has 0 saturated heterocycles. The Hall–Kier alpha value is -1.56. The molecule has 0 saturated carbocycles. The zero-order valence-electron chi connectivity index (χ0n) is 13.3. The highest BCUT2D eigenvalue weighted by Gasteiger charge is 2.21. The molecule has 0 aliphatic heterocycles. The molecule has 6 heteroatoms. The van der Waals surface area contributed by atoms with Crippen LogP contribution < -0.4 is 9.62 Å². The molecule has 1 aromatic carbocycles. The summed E-state index contributed by atoms with van der Waals surface area (Å²) in [5.74, 6) is -0.0118. The molecule has 1 N–H and O–H groups in total. The van der Waals surface area contributed by atoms with Crippen molar-refractivity contribution >= 4 is 21.6 Å². The van der Waals surface area contributed by atoms with Crippen LogP contribution in [0.4, 0.5) is 5.69 Å². The van der Waals surface area contributed by atoms with Gasteiger partial charge in [-0.25, -0.2) is 8.42 Å². The summed E-state index contributed by atoms with van der Waals surface area (Å²) in [7, 11) is -3.51. The van der Waals surface area contributed by atoms with E-state index in [0.717, 1.165) is 16.1 Å². The van der Waals surface area contributed by atoms with Gasteiger partial charge in [-0.2, -0.15) is 0 Å². The van der Waals surface area contributed by atoms with Crippen LogP contribution in [0.25, 0.3) is 0 Å². The lowest BCUT2D eigenvalue weighted by Gasteiger charge is -2.24. The van der Waals surface area contributed by atoms with Crippen LogP contribution in [0.5, 0.6) is 0 Å². The molecule has 0 spiro atoms. The first-order valence-corrected chi connectivity index (χ1v) is 8.80. The molecular formula is C15H24N2O3S. The third-order valence-electron chi connectivity index (χ3n) is 3.40. The Balaban J connectivity index is 2.91. The fourth-order valence-electron chi connectivity index (χ4n) is 1.71. The Morgan fingerprint density at radius 1 is 1.19 bits per heavy atom. The second-order valence-corrected chi connectivity index (χ2v) is 7.61. The van der Waals surface area contributed by atoms with Crippen LogP contribution >= 0.6 is 0 Å². The normalized spacial score (nSPS) is 13.0. The lowest BCUT2D eigenvalue weighted by atomic mass is 10.1. The van der Waals surface area contributed by atoms with Gasteiger partial charge in [-0.05, 0) is 31.9 Å². The van der Waals surface area contributed by atoms with Crippen molar-refractivity contribution in [2.24, 2.45) is 5.92 Å². The summed E-state index contributed by atoms with van der Waals surface area (Å²) in [4.78, 5) is 12.0. The van der Waals surface area contributed by atoms with Gasteiger partial charge < -0.3 is 5.32 Å². The molecule has 1 amide bonds. The average molecular weight is 312 g/mol. The topological polar surface area (TPSA) is 66.5 Å². The van der Waals surface area contributed by atoms with E-state index in [2.05, 4.69) is 5.32 Å². The van der Waals surface area contributed by atoms with E-state index in [1.807, 2.05) is 39.8 Å². The van der Waals surface area contributed by atoms with Crippen LogP contribution in [-0.2, 0) is 14.8 Å². The van der Waals surface area contributed by atoms with Gasteiger partial charge in [0.25, 0.3) is 0 Å². The molecule has 1 aromatic rings. The van der Waals surface area contributed by atoms with Crippen molar-refractivity contribution in [2.45, 2.75) is 33.7 Å². The summed E-state index contributed by atoms with van der Waals surface area (Å²) in [6.45, 7) is 7.61. The van der Waals surface area contributed by atoms with Crippen molar-refractivity contribution in [1.82, 2.24) is 5.32 Å². The van der Waals surface area contributed by atoms with E-state index in [4.69, 9.17) is 0 Å². The van der Waals surface area contributed by atoms with Gasteiger partial charge in [-0.1, -0.05) is 31.5 Å². The van der Waals surface area contributed by atoms with Crippen LogP contribution in [0.15, 0.2) is 24.3 Å². The number of nitrogens with one attached hydrogen (secondary N) is 1. The van der Waals surface area contributed by atoms with Crippen LogP contribution in [0, 0.1) is 12.8 Å².